The van der Waals surface area contributed by atoms with Crippen molar-refractivity contribution >= 4 is 23.3 Å². The molecule has 0 unspecified atom stereocenters. The molecule has 2 aromatic rings. The van der Waals surface area contributed by atoms with E-state index >= 15 is 0 Å². The Balaban J connectivity index is 1.47. The molecule has 1 saturated carbocycles. The van der Waals surface area contributed by atoms with Gasteiger partial charge in [0, 0.05) is 25.1 Å². The number of carbonyl (C=O) groups excluding carboxylic acids is 3. The largest absolute Gasteiger partial charge is 0.511 e. The molecule has 0 bridgehead atoms. The normalized spacial score (nSPS) is 21.0. The van der Waals surface area contributed by atoms with Crippen LogP contribution in [0.25, 0.3) is 0 Å². The number of carbonyl (C=O) groups is 3. The number of aliphatic imine (C=N–C) groups is 1. The second-order valence-corrected chi connectivity index (χ2v) is 8.22. The van der Waals surface area contributed by atoms with Crippen LogP contribution in [0.5, 0.6) is 0 Å². The number of fused-ring (bicyclic) bond motifs is 1. The summed E-state index contributed by atoms with van der Waals surface area (Å²) in [5.74, 6) is -0.990. The molecule has 0 spiro atoms. The highest BCUT2D eigenvalue weighted by Gasteiger charge is 2.35. The standard InChI is InChI=1S/C26H26N2O5/c29-14-12-27-21-15-18(17-7-2-1-3-8-17)16-23(31)24(21)22(30)11-6-13-28-25(32)19-9-4-5-10-20(19)26(28)33/h1-5,7-10,18,29-30H,6,11-16H2/t18-/m1/s1. The van der Waals surface area contributed by atoms with E-state index in [2.05, 4.69) is 4.99 Å². The Morgan fingerprint density at radius 2 is 1.58 bits per heavy atom. The summed E-state index contributed by atoms with van der Waals surface area (Å²) in [5, 5.41) is 20.0. The van der Waals surface area contributed by atoms with Crippen molar-refractivity contribution in [1.29, 1.82) is 0 Å². The number of imide groups is 1. The Kier molecular flexibility index (Phi) is 6.79. The molecule has 0 saturated heterocycles. The maximum absolute atomic E-state index is 13.0. The van der Waals surface area contributed by atoms with Crippen molar-refractivity contribution < 1.29 is 24.6 Å². The van der Waals surface area contributed by atoms with Gasteiger partial charge in [0.05, 0.1) is 29.9 Å². The zero-order valence-electron chi connectivity index (χ0n) is 18.2. The van der Waals surface area contributed by atoms with Crippen LogP contribution in [-0.4, -0.2) is 58.1 Å². The van der Waals surface area contributed by atoms with Gasteiger partial charge in [0.1, 0.15) is 5.76 Å². The first kappa shape index (κ1) is 22.6. The number of hydrogen-bond donors (Lipinski definition) is 2. The minimum Gasteiger partial charge on any atom is -0.511 e. The number of aliphatic hydroxyl groups excluding tert-OH is 2. The fraction of sp³-hybridized carbons (Fsp3) is 0.308. The number of benzene rings is 2. The second kappa shape index (κ2) is 9.92. The molecule has 2 N–H and O–H groups in total. The van der Waals surface area contributed by atoms with Crippen LogP contribution in [0.15, 0.2) is 70.9 Å². The molecule has 2 aromatic carbocycles. The highest BCUT2D eigenvalue weighted by Crippen LogP contribution is 2.34. The third-order valence-electron chi connectivity index (χ3n) is 6.07. The maximum atomic E-state index is 13.0. The van der Waals surface area contributed by atoms with E-state index in [4.69, 9.17) is 0 Å². The van der Waals surface area contributed by atoms with Crippen molar-refractivity contribution in [1.82, 2.24) is 4.90 Å². The number of allylic oxidation sites excluding steroid dienone is 2. The van der Waals surface area contributed by atoms with Crippen molar-refractivity contribution in [3.05, 3.63) is 82.6 Å². The van der Waals surface area contributed by atoms with Gasteiger partial charge in [0.2, 0.25) is 0 Å². The van der Waals surface area contributed by atoms with Gasteiger partial charge in [-0.05, 0) is 36.5 Å². The molecule has 0 radical (unpaired) electrons. The molecule has 1 aliphatic carbocycles. The van der Waals surface area contributed by atoms with Crippen LogP contribution in [0, 0.1) is 0 Å². The van der Waals surface area contributed by atoms with Crippen LogP contribution < -0.4 is 0 Å². The van der Waals surface area contributed by atoms with Gasteiger partial charge in [-0.25, -0.2) is 0 Å². The Labute approximate surface area is 192 Å². The summed E-state index contributed by atoms with van der Waals surface area (Å²) in [5.41, 5.74) is 2.51. The molecule has 7 heteroatoms. The molecular formula is C26H26N2O5. The Morgan fingerprint density at radius 1 is 0.939 bits per heavy atom. The number of Topliss-reactive ketones (excluding diaryl/α,β-unsaturated/α-hetero) is 1. The Hall–Kier alpha value is -3.58. The van der Waals surface area contributed by atoms with Crippen LogP contribution in [0.1, 0.15) is 57.9 Å². The van der Waals surface area contributed by atoms with Gasteiger partial charge in [0.15, 0.2) is 5.78 Å². The predicted molar refractivity (Wildman–Crippen MR) is 124 cm³/mol. The van der Waals surface area contributed by atoms with E-state index < -0.39 is 0 Å². The van der Waals surface area contributed by atoms with E-state index in [1.54, 1.807) is 24.3 Å². The van der Waals surface area contributed by atoms with Crippen LogP contribution in [-0.2, 0) is 4.79 Å². The summed E-state index contributed by atoms with van der Waals surface area (Å²) >= 11 is 0. The fourth-order valence-corrected chi connectivity index (χ4v) is 4.48. The molecule has 2 aliphatic rings. The number of rotatable bonds is 7. The van der Waals surface area contributed by atoms with E-state index in [-0.39, 0.29) is 67.4 Å². The van der Waals surface area contributed by atoms with E-state index in [9.17, 15) is 24.6 Å². The zero-order valence-corrected chi connectivity index (χ0v) is 18.2. The minimum absolute atomic E-state index is 0.0361. The lowest BCUT2D eigenvalue weighted by atomic mass is 9.78. The smallest absolute Gasteiger partial charge is 0.261 e. The molecule has 1 atom stereocenters. The Morgan fingerprint density at radius 3 is 2.21 bits per heavy atom. The van der Waals surface area contributed by atoms with Gasteiger partial charge < -0.3 is 10.2 Å². The molecule has 1 fully saturated rings. The Bertz CT molecular complexity index is 1100. The van der Waals surface area contributed by atoms with E-state index in [0.717, 1.165) is 5.56 Å². The lowest BCUT2D eigenvalue weighted by Gasteiger charge is -2.26. The third-order valence-corrected chi connectivity index (χ3v) is 6.07. The maximum Gasteiger partial charge on any atom is 0.261 e. The molecule has 0 aromatic heterocycles. The number of aliphatic hydroxyl groups is 2. The molecule has 7 nitrogen and oxygen atoms in total. The van der Waals surface area contributed by atoms with E-state index in [1.807, 2.05) is 30.3 Å². The number of ketones is 1. The summed E-state index contributed by atoms with van der Waals surface area (Å²) in [6.45, 7) is 0.144. The monoisotopic (exact) mass is 446 g/mol. The molecular weight excluding hydrogens is 420 g/mol. The van der Waals surface area contributed by atoms with Crippen LogP contribution >= 0.6 is 0 Å². The van der Waals surface area contributed by atoms with E-state index in [0.29, 0.717) is 29.7 Å². The second-order valence-electron chi connectivity index (χ2n) is 8.22. The van der Waals surface area contributed by atoms with Gasteiger partial charge in [-0.15, -0.1) is 0 Å². The van der Waals surface area contributed by atoms with Crippen LogP contribution in [0.4, 0.5) is 0 Å². The molecule has 33 heavy (non-hydrogen) atoms. The molecule has 1 aliphatic heterocycles. The van der Waals surface area contributed by atoms with Gasteiger partial charge in [-0.1, -0.05) is 42.5 Å². The fourth-order valence-electron chi connectivity index (χ4n) is 4.48. The minimum atomic E-state index is -0.340. The van der Waals surface area contributed by atoms with E-state index in [1.165, 1.54) is 4.90 Å². The average molecular weight is 447 g/mol. The number of hydrogen-bond acceptors (Lipinski definition) is 6. The average Bonchev–Trinajstić information content (AvgIpc) is 3.08. The van der Waals surface area contributed by atoms with Crippen LogP contribution in [0.3, 0.4) is 0 Å². The third kappa shape index (κ3) is 4.64. The summed E-state index contributed by atoms with van der Waals surface area (Å²) in [4.78, 5) is 43.6. The first-order chi connectivity index (χ1) is 16.0. The highest BCUT2D eigenvalue weighted by molar-refractivity contribution is 6.25. The van der Waals surface area contributed by atoms with Gasteiger partial charge >= 0.3 is 0 Å². The molecule has 1 heterocycles. The van der Waals surface area contributed by atoms with Crippen molar-refractivity contribution in [2.24, 2.45) is 4.99 Å². The first-order valence-electron chi connectivity index (χ1n) is 11.1. The molecule has 2 amide bonds. The first-order valence-corrected chi connectivity index (χ1v) is 11.1. The zero-order chi connectivity index (χ0) is 23.4. The lowest BCUT2D eigenvalue weighted by Crippen LogP contribution is -2.31. The lowest BCUT2D eigenvalue weighted by molar-refractivity contribution is -0.116. The molecule has 4 rings (SSSR count). The molecule has 170 valence electrons. The summed E-state index contributed by atoms with van der Waals surface area (Å²) in [6, 6.07) is 16.4. The van der Waals surface area contributed by atoms with Crippen molar-refractivity contribution in [3.63, 3.8) is 0 Å². The van der Waals surface area contributed by atoms with Crippen molar-refractivity contribution in [2.45, 2.75) is 31.6 Å². The number of amides is 2. The summed E-state index contributed by atoms with van der Waals surface area (Å²) < 4.78 is 0. The summed E-state index contributed by atoms with van der Waals surface area (Å²) in [6.07, 6.45) is 1.22. The van der Waals surface area contributed by atoms with Crippen molar-refractivity contribution in [3.8, 4) is 0 Å². The van der Waals surface area contributed by atoms with Crippen LogP contribution in [0.2, 0.25) is 0 Å². The summed E-state index contributed by atoms with van der Waals surface area (Å²) in [7, 11) is 0. The topological polar surface area (TPSA) is 107 Å². The van der Waals surface area contributed by atoms with Gasteiger partial charge in [-0.3, -0.25) is 24.3 Å². The predicted octanol–water partition coefficient (Wildman–Crippen LogP) is 3.45. The van der Waals surface area contributed by atoms with Crippen molar-refractivity contribution in [2.75, 3.05) is 19.7 Å². The SMILES string of the molecule is O=C1C[C@H](c2ccccc2)CC(=NCCO)C1=C(O)CCCN1C(=O)c2ccccc2C1=O. The number of nitrogens with zero attached hydrogens (tertiary/aromatic N) is 2. The quantitative estimate of drug-likeness (QED) is 0.385. The highest BCUT2D eigenvalue weighted by atomic mass is 16.3. The van der Waals surface area contributed by atoms with Gasteiger partial charge in [0.25, 0.3) is 11.8 Å². The van der Waals surface area contributed by atoms with Gasteiger partial charge in [-0.2, -0.15) is 0 Å².